The Bertz CT molecular complexity index is 535. The van der Waals surface area contributed by atoms with Gasteiger partial charge in [-0.2, -0.15) is 0 Å². The molecule has 108 valence electrons. The van der Waals surface area contributed by atoms with Crippen LogP contribution in [-0.4, -0.2) is 36.1 Å². The highest BCUT2D eigenvalue weighted by Crippen LogP contribution is 2.33. The van der Waals surface area contributed by atoms with E-state index in [1.54, 1.807) is 4.90 Å². The molecule has 1 aromatic rings. The predicted molar refractivity (Wildman–Crippen MR) is 69.3 cm³/mol. The summed E-state index contributed by atoms with van der Waals surface area (Å²) in [7, 11) is 0. The van der Waals surface area contributed by atoms with Crippen molar-refractivity contribution in [1.29, 1.82) is 0 Å². The summed E-state index contributed by atoms with van der Waals surface area (Å²) in [5.74, 6) is -1.79. The lowest BCUT2D eigenvalue weighted by atomic mass is 9.92. The van der Waals surface area contributed by atoms with Gasteiger partial charge in [0, 0.05) is 24.6 Å². The Morgan fingerprint density at radius 2 is 2.15 bits per heavy atom. The molecule has 20 heavy (non-hydrogen) atoms. The topological polar surface area (TPSA) is 29.5 Å². The average Bonchev–Trinajstić information content (AvgIpc) is 2.80. The van der Waals surface area contributed by atoms with Crippen molar-refractivity contribution in [3.63, 3.8) is 0 Å². The maximum atomic E-state index is 13.2. The van der Waals surface area contributed by atoms with Crippen LogP contribution < -0.4 is 0 Å². The van der Waals surface area contributed by atoms with Gasteiger partial charge in [0.2, 0.25) is 0 Å². The zero-order chi connectivity index (χ0) is 14.3. The number of likely N-dealkylation sites (tertiary alicyclic amines) is 1. The summed E-state index contributed by atoms with van der Waals surface area (Å²) >= 11 is 0. The first kappa shape index (κ1) is 13.5. The Hall–Kier alpha value is -1.49. The molecule has 0 radical (unpaired) electrons. The van der Waals surface area contributed by atoms with Gasteiger partial charge in [-0.25, -0.2) is 8.78 Å². The van der Waals surface area contributed by atoms with E-state index in [2.05, 4.69) is 0 Å². The molecule has 0 saturated carbocycles. The van der Waals surface area contributed by atoms with Crippen LogP contribution in [0.4, 0.5) is 8.78 Å². The van der Waals surface area contributed by atoms with Crippen LogP contribution >= 0.6 is 0 Å². The molecule has 3 nitrogen and oxygen atoms in total. The van der Waals surface area contributed by atoms with E-state index in [1.165, 1.54) is 6.07 Å². The molecule has 0 N–H and O–H groups in total. The van der Waals surface area contributed by atoms with E-state index in [0.29, 0.717) is 19.0 Å². The fourth-order valence-corrected chi connectivity index (χ4v) is 3.19. The smallest absolute Gasteiger partial charge is 0.253 e. The van der Waals surface area contributed by atoms with Gasteiger partial charge in [-0.1, -0.05) is 0 Å². The fourth-order valence-electron chi connectivity index (χ4n) is 3.19. The van der Waals surface area contributed by atoms with Crippen molar-refractivity contribution in [3.8, 4) is 0 Å². The molecule has 2 fully saturated rings. The van der Waals surface area contributed by atoms with E-state index in [0.717, 1.165) is 25.0 Å². The van der Waals surface area contributed by atoms with E-state index in [1.807, 2.05) is 6.92 Å². The third kappa shape index (κ3) is 2.42. The minimum absolute atomic E-state index is 0.203. The van der Waals surface area contributed by atoms with Crippen LogP contribution in [-0.2, 0) is 4.74 Å². The zero-order valence-corrected chi connectivity index (χ0v) is 11.3. The highest BCUT2D eigenvalue weighted by molar-refractivity contribution is 5.94. The minimum Gasteiger partial charge on any atom is -0.375 e. The number of hydrogen-bond donors (Lipinski definition) is 0. The summed E-state index contributed by atoms with van der Waals surface area (Å²) in [5.41, 5.74) is 0.203. The quantitative estimate of drug-likeness (QED) is 0.792. The number of carbonyl (C=O) groups is 1. The molecule has 2 saturated heterocycles. The molecular weight excluding hydrogens is 264 g/mol. The van der Waals surface area contributed by atoms with E-state index in [9.17, 15) is 13.6 Å². The molecule has 0 spiro atoms. The van der Waals surface area contributed by atoms with E-state index < -0.39 is 11.6 Å². The van der Waals surface area contributed by atoms with Crippen molar-refractivity contribution < 1.29 is 18.3 Å². The molecule has 1 aromatic carbocycles. The van der Waals surface area contributed by atoms with Gasteiger partial charge in [0.05, 0.1) is 12.2 Å². The number of hydrogen-bond acceptors (Lipinski definition) is 2. The molecule has 0 bridgehead atoms. The number of nitrogens with zero attached hydrogens (tertiary/aromatic N) is 1. The number of halogens is 2. The largest absolute Gasteiger partial charge is 0.375 e. The number of ether oxygens (including phenoxy) is 1. The first-order chi connectivity index (χ1) is 9.54. The van der Waals surface area contributed by atoms with Crippen LogP contribution in [0.5, 0.6) is 0 Å². The zero-order valence-electron chi connectivity index (χ0n) is 11.3. The van der Waals surface area contributed by atoms with Gasteiger partial charge in [-0.05, 0) is 38.0 Å². The number of fused-ring (bicyclic) bond motifs is 1. The summed E-state index contributed by atoms with van der Waals surface area (Å²) in [4.78, 5) is 14.0. The minimum atomic E-state index is -0.983. The molecule has 3 atom stereocenters. The number of amides is 1. The SMILES string of the molecule is C[C@@H]1C[C@@H]2CN(C(=O)c3ccc(F)c(F)c3)CC[C@H]2O1. The van der Waals surface area contributed by atoms with Gasteiger partial charge in [0.15, 0.2) is 11.6 Å². The van der Waals surface area contributed by atoms with Crippen LogP contribution in [0, 0.1) is 17.6 Å². The van der Waals surface area contributed by atoms with Gasteiger partial charge in [0.1, 0.15) is 0 Å². The number of rotatable bonds is 1. The normalized spacial score (nSPS) is 29.4. The lowest BCUT2D eigenvalue weighted by molar-refractivity contribution is 0.00864. The summed E-state index contributed by atoms with van der Waals surface area (Å²) < 4.78 is 31.9. The van der Waals surface area contributed by atoms with Crippen molar-refractivity contribution in [2.75, 3.05) is 13.1 Å². The summed E-state index contributed by atoms with van der Waals surface area (Å²) in [6, 6.07) is 3.30. The first-order valence-electron chi connectivity index (χ1n) is 6.94. The lowest BCUT2D eigenvalue weighted by Crippen LogP contribution is -2.44. The van der Waals surface area contributed by atoms with Gasteiger partial charge in [0.25, 0.3) is 5.91 Å². The second kappa shape index (κ2) is 5.13. The second-order valence-electron chi connectivity index (χ2n) is 5.65. The van der Waals surface area contributed by atoms with Crippen LogP contribution in [0.25, 0.3) is 0 Å². The molecule has 0 aliphatic carbocycles. The molecule has 1 amide bonds. The Kier molecular flexibility index (Phi) is 3.46. The van der Waals surface area contributed by atoms with Crippen molar-refractivity contribution in [1.82, 2.24) is 4.90 Å². The summed E-state index contributed by atoms with van der Waals surface area (Å²) in [6.45, 7) is 3.28. The molecule has 3 rings (SSSR count). The molecular formula is C15H17F2NO2. The Labute approximate surface area is 116 Å². The van der Waals surface area contributed by atoms with Crippen molar-refractivity contribution in [2.24, 2.45) is 5.92 Å². The fraction of sp³-hybridized carbons (Fsp3) is 0.533. The third-order valence-electron chi connectivity index (χ3n) is 4.16. The number of piperidine rings is 1. The van der Waals surface area contributed by atoms with Gasteiger partial charge < -0.3 is 9.64 Å². The van der Waals surface area contributed by atoms with E-state index >= 15 is 0 Å². The van der Waals surface area contributed by atoms with E-state index in [-0.39, 0.29) is 23.7 Å². The molecule has 2 heterocycles. The summed E-state index contributed by atoms with van der Waals surface area (Å²) in [5, 5.41) is 0. The Balaban J connectivity index is 1.73. The van der Waals surface area contributed by atoms with Gasteiger partial charge in [-0.3, -0.25) is 4.79 Å². The maximum Gasteiger partial charge on any atom is 0.253 e. The molecule has 2 aliphatic heterocycles. The van der Waals surface area contributed by atoms with Crippen LogP contribution in [0.1, 0.15) is 30.1 Å². The van der Waals surface area contributed by atoms with Crippen molar-refractivity contribution >= 4 is 5.91 Å². The predicted octanol–water partition coefficient (Wildman–Crippen LogP) is 2.60. The Morgan fingerprint density at radius 3 is 2.90 bits per heavy atom. The van der Waals surface area contributed by atoms with Gasteiger partial charge in [-0.15, -0.1) is 0 Å². The number of benzene rings is 1. The van der Waals surface area contributed by atoms with Crippen LogP contribution in [0.15, 0.2) is 18.2 Å². The maximum absolute atomic E-state index is 13.2. The monoisotopic (exact) mass is 281 g/mol. The van der Waals surface area contributed by atoms with Gasteiger partial charge >= 0.3 is 0 Å². The lowest BCUT2D eigenvalue weighted by Gasteiger charge is -2.34. The van der Waals surface area contributed by atoms with E-state index in [4.69, 9.17) is 4.74 Å². The Morgan fingerprint density at radius 1 is 1.35 bits per heavy atom. The van der Waals surface area contributed by atoms with Crippen LogP contribution in [0.3, 0.4) is 0 Å². The highest BCUT2D eigenvalue weighted by atomic mass is 19.2. The second-order valence-corrected chi connectivity index (χ2v) is 5.65. The van der Waals surface area contributed by atoms with Crippen molar-refractivity contribution in [3.05, 3.63) is 35.4 Å². The van der Waals surface area contributed by atoms with Crippen molar-refractivity contribution in [2.45, 2.75) is 32.0 Å². The average molecular weight is 281 g/mol. The van der Waals surface area contributed by atoms with Crippen LogP contribution in [0.2, 0.25) is 0 Å². The number of carbonyl (C=O) groups excluding carboxylic acids is 1. The highest BCUT2D eigenvalue weighted by Gasteiger charge is 2.38. The molecule has 5 heteroatoms. The third-order valence-corrected chi connectivity index (χ3v) is 4.16. The standard InChI is InChI=1S/C15H17F2NO2/c1-9-6-11-8-18(5-4-14(11)20-9)15(19)10-2-3-12(16)13(17)7-10/h2-3,7,9,11,14H,4-6,8H2,1H3/t9-,11-,14-/m1/s1. The summed E-state index contributed by atoms with van der Waals surface area (Å²) in [6.07, 6.45) is 2.23. The molecule has 2 aliphatic rings. The first-order valence-corrected chi connectivity index (χ1v) is 6.94. The molecule has 0 aromatic heterocycles. The molecule has 0 unspecified atom stereocenters.